The molecule has 0 bridgehead atoms. The zero-order valence-corrected chi connectivity index (χ0v) is 18.7. The number of rotatable bonds is 7. The molecule has 0 aliphatic carbocycles. The predicted molar refractivity (Wildman–Crippen MR) is 125 cm³/mol. The van der Waals surface area contributed by atoms with Gasteiger partial charge in [-0.05, 0) is 48.9 Å². The summed E-state index contributed by atoms with van der Waals surface area (Å²) < 4.78 is 11.2. The van der Waals surface area contributed by atoms with E-state index in [1.54, 1.807) is 41.3 Å². The van der Waals surface area contributed by atoms with Gasteiger partial charge < -0.3 is 30.3 Å². The van der Waals surface area contributed by atoms with Crippen molar-refractivity contribution < 1.29 is 23.9 Å². The highest BCUT2D eigenvalue weighted by atomic mass is 16.5. The fourth-order valence-corrected chi connectivity index (χ4v) is 3.94. The van der Waals surface area contributed by atoms with Gasteiger partial charge in [0, 0.05) is 37.8 Å². The van der Waals surface area contributed by atoms with Crippen LogP contribution in [0.4, 0.5) is 5.82 Å². The van der Waals surface area contributed by atoms with Gasteiger partial charge in [0.25, 0.3) is 11.8 Å². The first-order valence-corrected chi connectivity index (χ1v) is 11.1. The molecule has 2 aliphatic rings. The molecule has 2 aliphatic heterocycles. The lowest BCUT2D eigenvalue weighted by Crippen LogP contribution is -2.40. The lowest BCUT2D eigenvalue weighted by Gasteiger charge is -2.26. The first kappa shape index (κ1) is 23.2. The van der Waals surface area contributed by atoms with Crippen molar-refractivity contribution in [2.75, 3.05) is 44.3 Å². The van der Waals surface area contributed by atoms with E-state index in [1.165, 1.54) is 6.08 Å². The van der Waals surface area contributed by atoms with E-state index in [0.29, 0.717) is 56.5 Å². The Morgan fingerprint density at radius 1 is 1.12 bits per heavy atom. The minimum Gasteiger partial charge on any atom is -0.438 e. The van der Waals surface area contributed by atoms with Crippen molar-refractivity contribution in [1.29, 1.82) is 0 Å². The van der Waals surface area contributed by atoms with Gasteiger partial charge in [-0.1, -0.05) is 6.58 Å². The van der Waals surface area contributed by atoms with Gasteiger partial charge in [0.05, 0.1) is 13.2 Å². The van der Waals surface area contributed by atoms with E-state index in [1.807, 2.05) is 4.90 Å². The van der Waals surface area contributed by atoms with E-state index in [2.05, 4.69) is 16.9 Å². The van der Waals surface area contributed by atoms with E-state index in [-0.39, 0.29) is 29.3 Å². The Bertz CT molecular complexity index is 1080. The van der Waals surface area contributed by atoms with Gasteiger partial charge in [0.15, 0.2) is 0 Å². The first-order valence-electron chi connectivity index (χ1n) is 11.1. The fourth-order valence-electron chi connectivity index (χ4n) is 3.94. The van der Waals surface area contributed by atoms with Crippen LogP contribution in [0.15, 0.2) is 49.1 Å². The molecule has 4 rings (SSSR count). The normalized spacial score (nSPS) is 17.8. The molecule has 2 aromatic rings. The number of hydrogen-bond donors (Lipinski definition) is 2. The van der Waals surface area contributed by atoms with Gasteiger partial charge in [0.2, 0.25) is 11.8 Å². The summed E-state index contributed by atoms with van der Waals surface area (Å²) in [6.45, 7) is 6.91. The van der Waals surface area contributed by atoms with Gasteiger partial charge in [-0.15, -0.1) is 0 Å². The van der Waals surface area contributed by atoms with Gasteiger partial charge in [-0.2, -0.15) is 4.98 Å². The van der Waals surface area contributed by atoms with Gasteiger partial charge in [-0.3, -0.25) is 14.4 Å². The highest BCUT2D eigenvalue weighted by molar-refractivity contribution is 5.96. The van der Waals surface area contributed by atoms with Crippen molar-refractivity contribution in [3.8, 4) is 11.6 Å². The summed E-state index contributed by atoms with van der Waals surface area (Å²) in [6.07, 6.45) is 2.00. The van der Waals surface area contributed by atoms with Crippen molar-refractivity contribution in [2.45, 2.75) is 12.5 Å². The second-order valence-corrected chi connectivity index (χ2v) is 8.06. The Morgan fingerprint density at radius 2 is 1.85 bits per heavy atom. The van der Waals surface area contributed by atoms with Crippen molar-refractivity contribution in [3.05, 3.63) is 60.2 Å². The van der Waals surface area contributed by atoms with E-state index >= 15 is 0 Å². The number of nitrogens with one attached hydrogen (secondary N) is 1. The third-order valence-electron chi connectivity index (χ3n) is 5.77. The molecule has 10 nitrogen and oxygen atoms in total. The van der Waals surface area contributed by atoms with Crippen molar-refractivity contribution in [2.24, 2.45) is 5.73 Å². The Kier molecular flexibility index (Phi) is 7.07. The highest BCUT2D eigenvalue weighted by Gasteiger charge is 2.26. The van der Waals surface area contributed by atoms with Crippen LogP contribution in [0, 0.1) is 0 Å². The van der Waals surface area contributed by atoms with Crippen LogP contribution in [0.5, 0.6) is 11.6 Å². The van der Waals surface area contributed by atoms with Crippen LogP contribution in [0.25, 0.3) is 0 Å². The molecule has 3 amide bonds. The number of morpholine rings is 1. The van der Waals surface area contributed by atoms with Crippen LogP contribution in [-0.4, -0.2) is 73.0 Å². The molecule has 0 unspecified atom stereocenters. The van der Waals surface area contributed by atoms with Crippen molar-refractivity contribution >= 4 is 23.5 Å². The number of primary amides is 1. The number of anilines is 1. The van der Waals surface area contributed by atoms with Crippen molar-refractivity contribution in [1.82, 2.24) is 15.2 Å². The first-order chi connectivity index (χ1) is 16.4. The Morgan fingerprint density at radius 3 is 2.53 bits per heavy atom. The SMILES string of the molecule is C=CC(=O)N[C@H]1CCN(c2ccc(C(N)=O)c(Oc3ccc(C(=O)N4CCOCC4)cc3)n2)C1. The molecule has 3 heterocycles. The average Bonchev–Trinajstić information content (AvgIpc) is 3.32. The predicted octanol–water partition coefficient (Wildman–Crippen LogP) is 1.33. The number of amides is 3. The Hall–Kier alpha value is -3.92. The molecule has 3 N–H and O–H groups in total. The summed E-state index contributed by atoms with van der Waals surface area (Å²) >= 11 is 0. The molecule has 1 aromatic carbocycles. The maximum absolute atomic E-state index is 12.6. The summed E-state index contributed by atoms with van der Waals surface area (Å²) in [4.78, 5) is 44.4. The number of hydrogen-bond acceptors (Lipinski definition) is 7. The van der Waals surface area contributed by atoms with E-state index < -0.39 is 5.91 Å². The molecule has 0 radical (unpaired) electrons. The maximum atomic E-state index is 12.6. The van der Waals surface area contributed by atoms with Crippen LogP contribution < -0.4 is 20.7 Å². The fraction of sp³-hybridized carbons (Fsp3) is 0.333. The summed E-state index contributed by atoms with van der Waals surface area (Å²) in [6, 6.07) is 9.92. The van der Waals surface area contributed by atoms with Crippen LogP contribution >= 0.6 is 0 Å². The molecule has 2 fully saturated rings. The molecule has 178 valence electrons. The summed E-state index contributed by atoms with van der Waals surface area (Å²) in [5, 5.41) is 2.88. The molecule has 1 atom stereocenters. The van der Waals surface area contributed by atoms with Crippen LogP contribution in [-0.2, 0) is 9.53 Å². The molecular formula is C24H27N5O5. The lowest BCUT2D eigenvalue weighted by molar-refractivity contribution is -0.117. The van der Waals surface area contributed by atoms with Gasteiger partial charge in [0.1, 0.15) is 17.1 Å². The molecular weight excluding hydrogens is 438 g/mol. The Balaban J connectivity index is 1.48. The quantitative estimate of drug-likeness (QED) is 0.591. The van der Waals surface area contributed by atoms with Gasteiger partial charge in [-0.25, -0.2) is 0 Å². The van der Waals surface area contributed by atoms with Crippen LogP contribution in [0.2, 0.25) is 0 Å². The molecule has 0 spiro atoms. The number of pyridine rings is 1. The van der Waals surface area contributed by atoms with Gasteiger partial charge >= 0.3 is 0 Å². The largest absolute Gasteiger partial charge is 0.438 e. The second-order valence-electron chi connectivity index (χ2n) is 8.06. The third kappa shape index (κ3) is 5.34. The summed E-state index contributed by atoms with van der Waals surface area (Å²) in [7, 11) is 0. The molecule has 0 saturated carbocycles. The topological polar surface area (TPSA) is 127 Å². The number of carbonyl (C=O) groups is 3. The van der Waals surface area contributed by atoms with Crippen LogP contribution in [0.3, 0.4) is 0 Å². The third-order valence-corrected chi connectivity index (χ3v) is 5.77. The average molecular weight is 466 g/mol. The molecule has 2 saturated heterocycles. The number of nitrogens with two attached hydrogens (primary N) is 1. The lowest BCUT2D eigenvalue weighted by atomic mass is 10.2. The minimum atomic E-state index is -0.661. The van der Waals surface area contributed by atoms with E-state index in [4.69, 9.17) is 15.2 Å². The number of ether oxygens (including phenoxy) is 2. The molecule has 34 heavy (non-hydrogen) atoms. The van der Waals surface area contributed by atoms with E-state index in [9.17, 15) is 14.4 Å². The number of carbonyl (C=O) groups excluding carboxylic acids is 3. The zero-order valence-electron chi connectivity index (χ0n) is 18.7. The zero-order chi connectivity index (χ0) is 24.1. The number of benzene rings is 1. The molecule has 10 heteroatoms. The highest BCUT2D eigenvalue weighted by Crippen LogP contribution is 2.28. The maximum Gasteiger partial charge on any atom is 0.254 e. The Labute approximate surface area is 197 Å². The van der Waals surface area contributed by atoms with Crippen LogP contribution in [0.1, 0.15) is 27.1 Å². The summed E-state index contributed by atoms with van der Waals surface area (Å²) in [5.74, 6) is 0.155. The smallest absolute Gasteiger partial charge is 0.254 e. The number of nitrogens with zero attached hydrogens (tertiary/aromatic N) is 3. The minimum absolute atomic E-state index is 0.0240. The van der Waals surface area contributed by atoms with E-state index in [0.717, 1.165) is 6.42 Å². The van der Waals surface area contributed by atoms with Crippen molar-refractivity contribution in [3.63, 3.8) is 0 Å². The number of aromatic nitrogens is 1. The second kappa shape index (κ2) is 10.3. The summed E-state index contributed by atoms with van der Waals surface area (Å²) in [5.41, 5.74) is 6.20. The molecule has 1 aromatic heterocycles. The monoisotopic (exact) mass is 465 g/mol. The standard InChI is InChI=1S/C24H27N5O5/c1-2-21(30)26-17-9-10-29(15-17)20-8-7-19(22(25)31)23(27-20)34-18-5-3-16(4-6-18)24(32)28-11-13-33-14-12-28/h2-8,17H,1,9-15H2,(H2,25,31)(H,26,30)/t17-/m0/s1.